The smallest absolute Gasteiger partial charge is 0.221 e. The van der Waals surface area contributed by atoms with Crippen LogP contribution >= 0.6 is 0 Å². The van der Waals surface area contributed by atoms with E-state index in [1.807, 2.05) is 13.0 Å². The van der Waals surface area contributed by atoms with Gasteiger partial charge in [-0.15, -0.1) is 0 Å². The minimum Gasteiger partial charge on any atom is -0.398 e. The zero-order valence-electron chi connectivity index (χ0n) is 9.79. The summed E-state index contributed by atoms with van der Waals surface area (Å²) in [5.41, 5.74) is 7.38. The number of amides is 1. The lowest BCUT2D eigenvalue weighted by molar-refractivity contribution is -0.120. The summed E-state index contributed by atoms with van der Waals surface area (Å²) in [5, 5.41) is 14.5. The van der Waals surface area contributed by atoms with Gasteiger partial charge in [-0.2, -0.15) is 5.26 Å². The predicted molar refractivity (Wildman–Crippen MR) is 67.4 cm³/mol. The van der Waals surface area contributed by atoms with Gasteiger partial charge in [-0.3, -0.25) is 4.79 Å². The van der Waals surface area contributed by atoms with Crippen LogP contribution < -0.4 is 16.4 Å². The summed E-state index contributed by atoms with van der Waals surface area (Å²) in [4.78, 5) is 11.2. The van der Waals surface area contributed by atoms with Gasteiger partial charge in [0.15, 0.2) is 0 Å². The Morgan fingerprint density at radius 1 is 1.53 bits per heavy atom. The van der Waals surface area contributed by atoms with Gasteiger partial charge in [0.25, 0.3) is 0 Å². The highest BCUT2D eigenvalue weighted by molar-refractivity contribution is 5.76. The molecule has 4 N–H and O–H groups in total. The molecule has 1 aromatic rings. The van der Waals surface area contributed by atoms with Gasteiger partial charge in [0.2, 0.25) is 5.91 Å². The number of rotatable bonds is 5. The molecule has 0 aliphatic heterocycles. The minimum atomic E-state index is 0.0154. The van der Waals surface area contributed by atoms with Gasteiger partial charge in [-0.1, -0.05) is 0 Å². The first-order chi connectivity index (χ1) is 8.17. The molecule has 17 heavy (non-hydrogen) atoms. The van der Waals surface area contributed by atoms with Gasteiger partial charge >= 0.3 is 0 Å². The molecule has 0 saturated heterocycles. The van der Waals surface area contributed by atoms with E-state index in [2.05, 4.69) is 10.6 Å². The Kier molecular flexibility index (Phi) is 4.82. The molecular formula is C12H16N4O. The monoisotopic (exact) mass is 232 g/mol. The molecule has 0 unspecified atom stereocenters. The quantitative estimate of drug-likeness (QED) is 0.662. The molecular weight excluding hydrogens is 216 g/mol. The Bertz CT molecular complexity index is 437. The summed E-state index contributed by atoms with van der Waals surface area (Å²) in [6.07, 6.45) is 0.410. The van der Waals surface area contributed by atoms with Gasteiger partial charge < -0.3 is 16.4 Å². The van der Waals surface area contributed by atoms with E-state index in [1.165, 1.54) is 0 Å². The van der Waals surface area contributed by atoms with Crippen LogP contribution in [0.25, 0.3) is 0 Å². The van der Waals surface area contributed by atoms with Crippen LogP contribution in [-0.2, 0) is 4.79 Å². The SMILES string of the molecule is CCNC(=O)CCNc1ccc(C#N)c(N)c1. The molecule has 1 amide bonds. The summed E-state index contributed by atoms with van der Waals surface area (Å²) >= 11 is 0. The van der Waals surface area contributed by atoms with Crippen molar-refractivity contribution in [2.24, 2.45) is 0 Å². The van der Waals surface area contributed by atoms with E-state index in [9.17, 15) is 4.79 Å². The van der Waals surface area contributed by atoms with Crippen molar-refractivity contribution in [3.8, 4) is 6.07 Å². The normalized spacial score (nSPS) is 9.41. The van der Waals surface area contributed by atoms with E-state index in [1.54, 1.807) is 18.2 Å². The standard InChI is InChI=1S/C12H16N4O/c1-2-15-12(17)5-6-16-10-4-3-9(8-13)11(14)7-10/h3-4,7,16H,2,5-6,14H2,1H3,(H,15,17). The Morgan fingerprint density at radius 3 is 2.88 bits per heavy atom. The molecule has 1 aromatic carbocycles. The lowest BCUT2D eigenvalue weighted by Gasteiger charge is -2.07. The zero-order valence-corrected chi connectivity index (χ0v) is 9.79. The van der Waals surface area contributed by atoms with E-state index in [0.29, 0.717) is 30.8 Å². The molecule has 1 rings (SSSR count). The van der Waals surface area contributed by atoms with Crippen molar-refractivity contribution in [3.05, 3.63) is 23.8 Å². The van der Waals surface area contributed by atoms with Crippen LogP contribution in [0, 0.1) is 11.3 Å². The van der Waals surface area contributed by atoms with Crippen LogP contribution in [0.4, 0.5) is 11.4 Å². The first kappa shape index (κ1) is 12.8. The molecule has 5 nitrogen and oxygen atoms in total. The fourth-order valence-electron chi connectivity index (χ4n) is 1.38. The highest BCUT2D eigenvalue weighted by Gasteiger charge is 2.01. The first-order valence-electron chi connectivity index (χ1n) is 5.47. The molecule has 0 aliphatic carbocycles. The highest BCUT2D eigenvalue weighted by atomic mass is 16.1. The molecule has 0 atom stereocenters. The van der Waals surface area contributed by atoms with Crippen LogP contribution in [0.5, 0.6) is 0 Å². The van der Waals surface area contributed by atoms with Crippen LogP contribution in [0.15, 0.2) is 18.2 Å². The number of carbonyl (C=O) groups excluding carboxylic acids is 1. The molecule has 0 aliphatic rings. The number of nitrogens with two attached hydrogens (primary N) is 1. The van der Waals surface area contributed by atoms with Crippen molar-refractivity contribution in [1.82, 2.24) is 5.32 Å². The summed E-state index contributed by atoms with van der Waals surface area (Å²) in [7, 11) is 0. The maximum absolute atomic E-state index is 11.2. The van der Waals surface area contributed by atoms with E-state index >= 15 is 0 Å². The average Bonchev–Trinajstić information content (AvgIpc) is 2.29. The summed E-state index contributed by atoms with van der Waals surface area (Å²) in [6, 6.07) is 7.11. The molecule has 90 valence electrons. The largest absolute Gasteiger partial charge is 0.398 e. The Labute approximate surface area is 101 Å². The van der Waals surface area contributed by atoms with Crippen molar-refractivity contribution in [2.45, 2.75) is 13.3 Å². The van der Waals surface area contributed by atoms with Gasteiger partial charge in [-0.25, -0.2) is 0 Å². The summed E-state index contributed by atoms with van der Waals surface area (Å²) in [6.45, 7) is 3.06. The minimum absolute atomic E-state index is 0.0154. The Morgan fingerprint density at radius 2 is 2.29 bits per heavy atom. The third-order valence-electron chi connectivity index (χ3n) is 2.23. The van der Waals surface area contributed by atoms with Crippen LogP contribution in [0.3, 0.4) is 0 Å². The molecule has 0 heterocycles. The first-order valence-corrected chi connectivity index (χ1v) is 5.47. The number of nitrogen functional groups attached to an aromatic ring is 1. The maximum atomic E-state index is 11.2. The molecule has 0 radical (unpaired) electrons. The third-order valence-corrected chi connectivity index (χ3v) is 2.23. The number of nitrogens with one attached hydrogen (secondary N) is 2. The lowest BCUT2D eigenvalue weighted by atomic mass is 10.2. The van der Waals surface area contributed by atoms with Crippen molar-refractivity contribution in [1.29, 1.82) is 5.26 Å². The van der Waals surface area contributed by atoms with Gasteiger partial charge in [0.1, 0.15) is 6.07 Å². The van der Waals surface area contributed by atoms with Crippen molar-refractivity contribution in [3.63, 3.8) is 0 Å². The number of nitriles is 1. The second kappa shape index (κ2) is 6.38. The number of hydrogen-bond acceptors (Lipinski definition) is 4. The zero-order chi connectivity index (χ0) is 12.7. The Hall–Kier alpha value is -2.22. The number of hydrogen-bond donors (Lipinski definition) is 3. The number of carbonyl (C=O) groups is 1. The fourth-order valence-corrected chi connectivity index (χ4v) is 1.38. The van der Waals surface area contributed by atoms with E-state index in [-0.39, 0.29) is 5.91 Å². The fraction of sp³-hybridized carbons (Fsp3) is 0.333. The molecule has 0 spiro atoms. The topological polar surface area (TPSA) is 90.9 Å². The predicted octanol–water partition coefficient (Wildman–Crippen LogP) is 1.08. The second-order valence-corrected chi connectivity index (χ2v) is 3.54. The van der Waals surface area contributed by atoms with Crippen molar-refractivity contribution >= 4 is 17.3 Å². The number of nitrogens with zero attached hydrogens (tertiary/aromatic N) is 1. The van der Waals surface area contributed by atoms with Crippen molar-refractivity contribution < 1.29 is 4.79 Å². The van der Waals surface area contributed by atoms with Crippen LogP contribution in [-0.4, -0.2) is 19.0 Å². The van der Waals surface area contributed by atoms with Gasteiger partial charge in [0, 0.05) is 25.2 Å². The molecule has 0 saturated carbocycles. The van der Waals surface area contributed by atoms with Gasteiger partial charge in [-0.05, 0) is 25.1 Å². The van der Waals surface area contributed by atoms with Crippen molar-refractivity contribution in [2.75, 3.05) is 24.1 Å². The summed E-state index contributed by atoms with van der Waals surface area (Å²) in [5.74, 6) is 0.0154. The maximum Gasteiger partial charge on any atom is 0.221 e. The molecule has 5 heteroatoms. The third kappa shape index (κ3) is 4.03. The van der Waals surface area contributed by atoms with Crippen LogP contribution in [0.1, 0.15) is 18.9 Å². The number of anilines is 2. The lowest BCUT2D eigenvalue weighted by Crippen LogP contribution is -2.24. The number of benzene rings is 1. The van der Waals surface area contributed by atoms with E-state index < -0.39 is 0 Å². The summed E-state index contributed by atoms with van der Waals surface area (Å²) < 4.78 is 0. The molecule has 0 bridgehead atoms. The van der Waals surface area contributed by atoms with Gasteiger partial charge in [0.05, 0.1) is 11.3 Å². The molecule has 0 fully saturated rings. The molecule has 0 aromatic heterocycles. The highest BCUT2D eigenvalue weighted by Crippen LogP contribution is 2.16. The van der Waals surface area contributed by atoms with E-state index in [0.717, 1.165) is 5.69 Å². The van der Waals surface area contributed by atoms with E-state index in [4.69, 9.17) is 11.0 Å². The second-order valence-electron chi connectivity index (χ2n) is 3.54. The van der Waals surface area contributed by atoms with Crippen LogP contribution in [0.2, 0.25) is 0 Å². The average molecular weight is 232 g/mol. The Balaban J connectivity index is 2.45.